The van der Waals surface area contributed by atoms with Crippen LogP contribution in [0.25, 0.3) is 0 Å². The van der Waals surface area contributed by atoms with Crippen molar-refractivity contribution in [1.82, 2.24) is 5.32 Å². The molecule has 0 aromatic heterocycles. The van der Waals surface area contributed by atoms with Gasteiger partial charge in [-0.2, -0.15) is 0 Å². The first-order valence-corrected chi connectivity index (χ1v) is 7.02. The second-order valence-electron chi connectivity index (χ2n) is 4.79. The number of allylic oxidation sites excluding steroid dienone is 2. The molecule has 0 bridgehead atoms. The van der Waals surface area contributed by atoms with E-state index < -0.39 is 0 Å². The Labute approximate surface area is 122 Å². The first-order valence-electron chi connectivity index (χ1n) is 7.02. The molecule has 0 aliphatic heterocycles. The highest BCUT2D eigenvalue weighted by atomic mass is 16.5. The summed E-state index contributed by atoms with van der Waals surface area (Å²) in [5.74, 6) is 0. The monoisotopic (exact) mass is 271 g/mol. The molecule has 0 aliphatic carbocycles. The fraction of sp³-hybridized carbons (Fsp3) is 0.333. The van der Waals surface area contributed by atoms with Crippen LogP contribution in [0.3, 0.4) is 0 Å². The molecule has 0 spiro atoms. The average Bonchev–Trinajstić information content (AvgIpc) is 2.47. The van der Waals surface area contributed by atoms with E-state index in [1.165, 1.54) is 5.56 Å². The van der Waals surface area contributed by atoms with Crippen LogP contribution in [0.5, 0.6) is 0 Å². The molecule has 20 heavy (non-hydrogen) atoms. The van der Waals surface area contributed by atoms with Crippen LogP contribution in [0.15, 0.2) is 67.3 Å². The van der Waals surface area contributed by atoms with Crippen LogP contribution in [-0.4, -0.2) is 19.4 Å². The van der Waals surface area contributed by atoms with Crippen molar-refractivity contribution in [2.75, 3.05) is 13.2 Å². The van der Waals surface area contributed by atoms with Crippen molar-refractivity contribution in [2.24, 2.45) is 0 Å². The molecule has 0 fully saturated rings. The highest BCUT2D eigenvalue weighted by Gasteiger charge is 2.02. The zero-order valence-corrected chi connectivity index (χ0v) is 12.4. The van der Waals surface area contributed by atoms with Crippen LogP contribution >= 0.6 is 0 Å². The van der Waals surface area contributed by atoms with Gasteiger partial charge in [-0.25, -0.2) is 0 Å². The third kappa shape index (κ3) is 6.50. The fourth-order valence-electron chi connectivity index (χ4n) is 1.79. The smallest absolute Gasteiger partial charge is 0.105 e. The quantitative estimate of drug-likeness (QED) is 0.515. The topological polar surface area (TPSA) is 21.3 Å². The molecule has 2 heteroatoms. The van der Waals surface area contributed by atoms with Gasteiger partial charge in [-0.1, -0.05) is 56.1 Å². The third-order valence-electron chi connectivity index (χ3n) is 3.16. The first kappa shape index (κ1) is 16.4. The normalized spacial score (nSPS) is 11.8. The summed E-state index contributed by atoms with van der Waals surface area (Å²) in [6.45, 7) is 15.1. The van der Waals surface area contributed by atoms with E-state index in [4.69, 9.17) is 4.74 Å². The highest BCUT2D eigenvalue weighted by molar-refractivity contribution is 5.33. The molecule has 0 saturated carbocycles. The van der Waals surface area contributed by atoms with E-state index in [0.717, 1.165) is 37.1 Å². The Morgan fingerprint density at radius 1 is 1.30 bits per heavy atom. The average molecular weight is 271 g/mol. The van der Waals surface area contributed by atoms with Crippen molar-refractivity contribution in [3.8, 4) is 0 Å². The molecular formula is C18H25NO. The van der Waals surface area contributed by atoms with Crippen LogP contribution in [0.2, 0.25) is 0 Å². The Kier molecular flexibility index (Phi) is 7.63. The molecule has 1 unspecified atom stereocenters. The van der Waals surface area contributed by atoms with Gasteiger partial charge in [0.05, 0.1) is 6.61 Å². The molecule has 0 amide bonds. The molecule has 1 rings (SSSR count). The summed E-state index contributed by atoms with van der Waals surface area (Å²) >= 11 is 0. The maximum Gasteiger partial charge on any atom is 0.105 e. The Balaban J connectivity index is 2.11. The van der Waals surface area contributed by atoms with E-state index in [1.54, 1.807) is 6.08 Å². The van der Waals surface area contributed by atoms with Gasteiger partial charge in [0.15, 0.2) is 0 Å². The number of benzene rings is 1. The number of nitrogens with one attached hydrogen (secondary N) is 1. The maximum atomic E-state index is 5.73. The van der Waals surface area contributed by atoms with Crippen molar-refractivity contribution in [1.29, 1.82) is 0 Å². The number of ether oxygens (including phenoxy) is 1. The summed E-state index contributed by atoms with van der Waals surface area (Å²) in [5, 5.41) is 3.32. The van der Waals surface area contributed by atoms with Crippen molar-refractivity contribution in [3.05, 3.63) is 72.9 Å². The molecule has 0 saturated heterocycles. The summed E-state index contributed by atoms with van der Waals surface area (Å²) < 4.78 is 5.73. The van der Waals surface area contributed by atoms with E-state index in [2.05, 4.69) is 49.3 Å². The minimum Gasteiger partial charge on any atom is -0.363 e. The van der Waals surface area contributed by atoms with Gasteiger partial charge in [-0.15, -0.1) is 0 Å². The number of hydrogen-bond acceptors (Lipinski definition) is 2. The molecule has 108 valence electrons. The largest absolute Gasteiger partial charge is 0.363 e. The predicted octanol–water partition coefficient (Wildman–Crippen LogP) is 3.87. The minimum atomic E-state index is 0.0449. The molecule has 1 aromatic rings. The van der Waals surface area contributed by atoms with Crippen molar-refractivity contribution in [3.63, 3.8) is 0 Å². The SMILES string of the molecule is C=CC(=C)C(=C)CCNC(C)OCCc1ccccc1. The van der Waals surface area contributed by atoms with Crippen LogP contribution in [0, 0.1) is 0 Å². The summed E-state index contributed by atoms with van der Waals surface area (Å²) in [6.07, 6.45) is 3.58. The number of hydrogen-bond donors (Lipinski definition) is 1. The van der Waals surface area contributed by atoms with Gasteiger partial charge in [0, 0.05) is 6.54 Å². The van der Waals surface area contributed by atoms with Gasteiger partial charge in [0.2, 0.25) is 0 Å². The molecule has 0 aliphatic rings. The lowest BCUT2D eigenvalue weighted by atomic mass is 10.1. The van der Waals surface area contributed by atoms with Crippen molar-refractivity contribution >= 4 is 0 Å². The molecule has 1 aromatic carbocycles. The molecule has 1 N–H and O–H groups in total. The molecule has 1 atom stereocenters. The van der Waals surface area contributed by atoms with Gasteiger partial charge in [-0.3, -0.25) is 5.32 Å². The van der Waals surface area contributed by atoms with E-state index in [-0.39, 0.29) is 6.23 Å². The lowest BCUT2D eigenvalue weighted by Crippen LogP contribution is -2.30. The fourth-order valence-corrected chi connectivity index (χ4v) is 1.79. The van der Waals surface area contributed by atoms with Crippen molar-refractivity contribution in [2.45, 2.75) is 26.0 Å². The summed E-state index contributed by atoms with van der Waals surface area (Å²) in [6, 6.07) is 10.4. The first-order chi connectivity index (χ1) is 9.63. The Morgan fingerprint density at radius 2 is 2.00 bits per heavy atom. The zero-order chi connectivity index (χ0) is 14.8. The van der Waals surface area contributed by atoms with Gasteiger partial charge in [0.1, 0.15) is 6.23 Å². The molecule has 0 heterocycles. The van der Waals surface area contributed by atoms with Crippen LogP contribution < -0.4 is 5.32 Å². The zero-order valence-electron chi connectivity index (χ0n) is 12.4. The van der Waals surface area contributed by atoms with Gasteiger partial charge >= 0.3 is 0 Å². The lowest BCUT2D eigenvalue weighted by molar-refractivity contribution is 0.0453. The molecule has 2 nitrogen and oxygen atoms in total. The van der Waals surface area contributed by atoms with E-state index in [9.17, 15) is 0 Å². The predicted molar refractivity (Wildman–Crippen MR) is 86.7 cm³/mol. The van der Waals surface area contributed by atoms with Gasteiger partial charge in [0.25, 0.3) is 0 Å². The third-order valence-corrected chi connectivity index (χ3v) is 3.16. The minimum absolute atomic E-state index is 0.0449. The second-order valence-corrected chi connectivity index (χ2v) is 4.79. The van der Waals surface area contributed by atoms with Crippen molar-refractivity contribution < 1.29 is 4.74 Å². The van der Waals surface area contributed by atoms with Crippen LogP contribution in [0.4, 0.5) is 0 Å². The standard InChI is InChI=1S/C18H25NO/c1-5-15(2)16(3)11-13-19-17(4)20-14-12-18-9-7-6-8-10-18/h5-10,17,19H,1-3,11-14H2,4H3. The molecule has 0 radical (unpaired) electrons. The van der Waals surface area contributed by atoms with Crippen LogP contribution in [-0.2, 0) is 11.2 Å². The summed E-state index contributed by atoms with van der Waals surface area (Å²) in [5.41, 5.74) is 3.23. The lowest BCUT2D eigenvalue weighted by Gasteiger charge is -2.15. The maximum absolute atomic E-state index is 5.73. The summed E-state index contributed by atoms with van der Waals surface area (Å²) in [7, 11) is 0. The Hall–Kier alpha value is -1.64. The Bertz CT molecular complexity index is 436. The highest BCUT2D eigenvalue weighted by Crippen LogP contribution is 2.09. The Morgan fingerprint density at radius 3 is 2.65 bits per heavy atom. The second kappa shape index (κ2) is 9.29. The molecular weight excluding hydrogens is 246 g/mol. The van der Waals surface area contributed by atoms with Crippen LogP contribution in [0.1, 0.15) is 18.9 Å². The van der Waals surface area contributed by atoms with Gasteiger partial charge in [-0.05, 0) is 36.5 Å². The van der Waals surface area contributed by atoms with Gasteiger partial charge < -0.3 is 4.74 Å². The number of rotatable bonds is 10. The van der Waals surface area contributed by atoms with E-state index >= 15 is 0 Å². The van der Waals surface area contributed by atoms with E-state index in [1.807, 2.05) is 13.0 Å². The summed E-state index contributed by atoms with van der Waals surface area (Å²) in [4.78, 5) is 0. The van der Waals surface area contributed by atoms with E-state index in [0.29, 0.717) is 0 Å².